The first-order valence-corrected chi connectivity index (χ1v) is 7.29. The number of rotatable bonds is 9. The highest BCUT2D eigenvalue weighted by molar-refractivity contribution is 5.60. The molecule has 0 radical (unpaired) electrons. The van der Waals surface area contributed by atoms with E-state index in [4.69, 9.17) is 0 Å². The Morgan fingerprint density at radius 1 is 1.32 bits per heavy atom. The van der Waals surface area contributed by atoms with Crippen LogP contribution in [-0.4, -0.2) is 48.2 Å². The molecular weight excluding hydrogens is 339 g/mol. The Morgan fingerprint density at radius 3 is 2.84 bits per heavy atom. The molecule has 1 aromatic carbocycles. The standard InChI is InChI=1S/C16H16F3N3O3/c1-22(4-5-24-10-23)9-12-7-20-8-14(21-12)11-2-3-13(17)15(6-11)25-16(18)19/h2-3,6-8,10,16H,4-5,9H2,1H3. The van der Waals surface area contributed by atoms with Gasteiger partial charge in [0.05, 0.1) is 17.6 Å². The van der Waals surface area contributed by atoms with E-state index in [1.54, 1.807) is 6.20 Å². The minimum Gasteiger partial charge on any atom is -0.467 e. The number of benzene rings is 1. The largest absolute Gasteiger partial charge is 0.467 e. The van der Waals surface area contributed by atoms with Crippen molar-refractivity contribution in [2.45, 2.75) is 13.2 Å². The number of carbonyl (C=O) groups excluding carboxylic acids is 1. The minimum absolute atomic E-state index is 0.249. The highest BCUT2D eigenvalue weighted by Gasteiger charge is 2.12. The third-order valence-electron chi connectivity index (χ3n) is 3.22. The smallest absolute Gasteiger partial charge is 0.387 e. The van der Waals surface area contributed by atoms with E-state index in [1.165, 1.54) is 12.3 Å². The van der Waals surface area contributed by atoms with E-state index < -0.39 is 18.2 Å². The van der Waals surface area contributed by atoms with Crippen LogP contribution in [0.5, 0.6) is 5.75 Å². The number of ether oxygens (including phenoxy) is 2. The van der Waals surface area contributed by atoms with Crippen LogP contribution < -0.4 is 4.74 Å². The molecule has 9 heteroatoms. The summed E-state index contributed by atoms with van der Waals surface area (Å²) in [5, 5.41) is 0. The number of alkyl halides is 2. The molecule has 0 atom stereocenters. The lowest BCUT2D eigenvalue weighted by atomic mass is 10.1. The lowest BCUT2D eigenvalue weighted by Crippen LogP contribution is -2.23. The molecule has 0 amide bonds. The Balaban J connectivity index is 2.14. The molecule has 25 heavy (non-hydrogen) atoms. The zero-order valence-electron chi connectivity index (χ0n) is 13.4. The van der Waals surface area contributed by atoms with Gasteiger partial charge in [-0.15, -0.1) is 0 Å². The number of hydrogen-bond acceptors (Lipinski definition) is 6. The van der Waals surface area contributed by atoms with Gasteiger partial charge in [-0.1, -0.05) is 0 Å². The first-order valence-electron chi connectivity index (χ1n) is 7.29. The van der Waals surface area contributed by atoms with Crippen molar-refractivity contribution in [1.82, 2.24) is 14.9 Å². The Morgan fingerprint density at radius 2 is 2.12 bits per heavy atom. The number of hydrogen-bond donors (Lipinski definition) is 0. The summed E-state index contributed by atoms with van der Waals surface area (Å²) in [5.41, 5.74) is 1.42. The molecule has 0 unspecified atom stereocenters. The molecule has 1 aromatic heterocycles. The van der Waals surface area contributed by atoms with E-state index in [-0.39, 0.29) is 6.61 Å². The molecule has 0 bridgehead atoms. The fourth-order valence-corrected chi connectivity index (χ4v) is 2.08. The molecule has 134 valence electrons. The summed E-state index contributed by atoms with van der Waals surface area (Å²) >= 11 is 0. The molecule has 2 aromatic rings. The molecular formula is C16H16F3N3O3. The van der Waals surface area contributed by atoms with Crippen LogP contribution in [0.1, 0.15) is 5.69 Å². The first kappa shape index (κ1) is 18.7. The summed E-state index contributed by atoms with van der Waals surface area (Å²) in [6.07, 6.45) is 3.00. The molecule has 0 N–H and O–H groups in total. The Bertz CT molecular complexity index is 716. The van der Waals surface area contributed by atoms with E-state index in [9.17, 15) is 18.0 Å². The minimum atomic E-state index is -3.12. The van der Waals surface area contributed by atoms with Gasteiger partial charge in [-0.3, -0.25) is 14.7 Å². The average molecular weight is 355 g/mol. The molecule has 0 aliphatic rings. The second-order valence-electron chi connectivity index (χ2n) is 5.12. The van der Waals surface area contributed by atoms with Crippen LogP contribution in [0.4, 0.5) is 13.2 Å². The van der Waals surface area contributed by atoms with Gasteiger partial charge in [0.25, 0.3) is 6.47 Å². The van der Waals surface area contributed by atoms with Crippen LogP contribution in [0.15, 0.2) is 30.6 Å². The molecule has 0 fully saturated rings. The van der Waals surface area contributed by atoms with E-state index in [0.29, 0.717) is 36.5 Å². The maximum absolute atomic E-state index is 13.5. The molecule has 0 saturated heterocycles. The van der Waals surface area contributed by atoms with Crippen LogP contribution in [0.2, 0.25) is 0 Å². The van der Waals surface area contributed by atoms with Gasteiger partial charge in [-0.25, -0.2) is 9.37 Å². The SMILES string of the molecule is CN(CCOC=O)Cc1cncc(-c2ccc(F)c(OC(F)F)c2)n1. The molecule has 0 spiro atoms. The summed E-state index contributed by atoms with van der Waals surface area (Å²) in [4.78, 5) is 20.4. The van der Waals surface area contributed by atoms with E-state index >= 15 is 0 Å². The van der Waals surface area contributed by atoms with Gasteiger partial charge in [-0.05, 0) is 25.2 Å². The van der Waals surface area contributed by atoms with Crippen molar-refractivity contribution in [3.63, 3.8) is 0 Å². The highest BCUT2D eigenvalue weighted by Crippen LogP contribution is 2.26. The Kier molecular flexibility index (Phi) is 6.70. The van der Waals surface area contributed by atoms with Gasteiger partial charge in [0.2, 0.25) is 0 Å². The quantitative estimate of drug-likeness (QED) is 0.509. The van der Waals surface area contributed by atoms with E-state index in [2.05, 4.69) is 19.4 Å². The van der Waals surface area contributed by atoms with Crippen molar-refractivity contribution in [2.75, 3.05) is 20.2 Å². The van der Waals surface area contributed by atoms with Crippen molar-refractivity contribution in [3.05, 3.63) is 42.1 Å². The van der Waals surface area contributed by atoms with Crippen molar-refractivity contribution in [1.29, 1.82) is 0 Å². The molecule has 6 nitrogen and oxygen atoms in total. The summed E-state index contributed by atoms with van der Waals surface area (Å²) in [7, 11) is 1.81. The monoisotopic (exact) mass is 355 g/mol. The zero-order chi connectivity index (χ0) is 18.2. The van der Waals surface area contributed by atoms with Crippen molar-refractivity contribution in [2.24, 2.45) is 0 Å². The van der Waals surface area contributed by atoms with Crippen LogP contribution in [0, 0.1) is 5.82 Å². The van der Waals surface area contributed by atoms with Gasteiger partial charge < -0.3 is 9.47 Å². The normalized spacial score (nSPS) is 11.0. The molecule has 0 aliphatic carbocycles. The van der Waals surface area contributed by atoms with Crippen molar-refractivity contribution >= 4 is 6.47 Å². The summed E-state index contributed by atoms with van der Waals surface area (Å²) in [5.74, 6) is -1.44. The molecule has 1 heterocycles. The molecule has 0 saturated carbocycles. The second-order valence-corrected chi connectivity index (χ2v) is 5.12. The van der Waals surface area contributed by atoms with Gasteiger partial charge in [0, 0.05) is 24.8 Å². The summed E-state index contributed by atoms with van der Waals surface area (Å²) in [6, 6.07) is 3.59. The Labute approximate surface area is 142 Å². The molecule has 0 aliphatic heterocycles. The summed E-state index contributed by atoms with van der Waals surface area (Å²) < 4.78 is 46.9. The number of aromatic nitrogens is 2. The fraction of sp³-hybridized carbons (Fsp3) is 0.312. The number of nitrogens with zero attached hydrogens (tertiary/aromatic N) is 3. The lowest BCUT2D eigenvalue weighted by molar-refractivity contribution is -0.129. The zero-order valence-corrected chi connectivity index (χ0v) is 13.4. The van der Waals surface area contributed by atoms with E-state index in [0.717, 1.165) is 12.1 Å². The maximum Gasteiger partial charge on any atom is 0.387 e. The highest BCUT2D eigenvalue weighted by atomic mass is 19.3. The third kappa shape index (κ3) is 5.71. The topological polar surface area (TPSA) is 64.5 Å². The van der Waals surface area contributed by atoms with Gasteiger partial charge in [0.15, 0.2) is 11.6 Å². The van der Waals surface area contributed by atoms with Crippen LogP contribution in [-0.2, 0) is 16.1 Å². The lowest BCUT2D eigenvalue weighted by Gasteiger charge is -2.15. The second kappa shape index (κ2) is 8.97. The van der Waals surface area contributed by atoms with Gasteiger partial charge in [-0.2, -0.15) is 8.78 Å². The van der Waals surface area contributed by atoms with Gasteiger partial charge in [0.1, 0.15) is 6.61 Å². The Hall–Kier alpha value is -2.68. The van der Waals surface area contributed by atoms with Crippen LogP contribution in [0.25, 0.3) is 11.3 Å². The third-order valence-corrected chi connectivity index (χ3v) is 3.22. The van der Waals surface area contributed by atoms with Crippen LogP contribution in [0.3, 0.4) is 0 Å². The first-order chi connectivity index (χ1) is 12.0. The average Bonchev–Trinajstić information content (AvgIpc) is 2.57. The van der Waals surface area contributed by atoms with Crippen molar-refractivity contribution in [3.8, 4) is 17.0 Å². The number of likely N-dealkylation sites (N-methyl/N-ethyl adjacent to an activating group) is 1. The van der Waals surface area contributed by atoms with E-state index in [1.807, 2.05) is 11.9 Å². The maximum atomic E-state index is 13.5. The van der Waals surface area contributed by atoms with Gasteiger partial charge >= 0.3 is 6.61 Å². The summed E-state index contributed by atoms with van der Waals surface area (Å²) in [6.45, 7) is -1.55. The number of halogens is 3. The van der Waals surface area contributed by atoms with Crippen LogP contribution >= 0.6 is 0 Å². The predicted octanol–water partition coefficient (Wildman–Crippen LogP) is 2.49. The molecule has 2 rings (SSSR count). The predicted molar refractivity (Wildman–Crippen MR) is 82.4 cm³/mol. The fourth-order valence-electron chi connectivity index (χ4n) is 2.08. The van der Waals surface area contributed by atoms with Crippen molar-refractivity contribution < 1.29 is 27.4 Å². The number of carbonyl (C=O) groups is 1.